The van der Waals surface area contributed by atoms with Crippen molar-refractivity contribution in [1.29, 1.82) is 0 Å². The van der Waals surface area contributed by atoms with E-state index >= 15 is 0 Å². The minimum atomic E-state index is 0.000505. The second-order valence-corrected chi connectivity index (χ2v) is 9.85. The first-order valence-corrected chi connectivity index (χ1v) is 12.4. The van der Waals surface area contributed by atoms with Crippen LogP contribution in [0.2, 0.25) is 0 Å². The zero-order valence-corrected chi connectivity index (χ0v) is 20.2. The van der Waals surface area contributed by atoms with Crippen molar-refractivity contribution >= 4 is 23.0 Å². The van der Waals surface area contributed by atoms with Gasteiger partial charge < -0.3 is 0 Å². The molecule has 0 N–H and O–H groups in total. The number of nitrogens with zero attached hydrogens (tertiary/aromatic N) is 3. The van der Waals surface area contributed by atoms with Crippen LogP contribution in [0.15, 0.2) is 83.9 Å². The monoisotopic (exact) mass is 451 g/mol. The summed E-state index contributed by atoms with van der Waals surface area (Å²) in [6, 6.07) is 27.1. The fraction of sp³-hybridized carbons (Fsp3) is 0.333. The molecule has 1 saturated heterocycles. The summed E-state index contributed by atoms with van der Waals surface area (Å²) in [6.07, 6.45) is 3.48. The Kier molecular flexibility index (Phi) is 6.59. The minimum Gasteiger partial charge on any atom is -0.293 e. The topological polar surface area (TPSA) is 35.9 Å². The maximum absolute atomic E-state index is 13.5. The van der Waals surface area contributed by atoms with Crippen molar-refractivity contribution in [2.24, 2.45) is 10.9 Å². The van der Waals surface area contributed by atoms with Gasteiger partial charge in [0, 0.05) is 18.7 Å². The lowest BCUT2D eigenvalue weighted by molar-refractivity contribution is -0.112. The largest absolute Gasteiger partial charge is 0.293 e. The Morgan fingerprint density at radius 1 is 0.882 bits per heavy atom. The summed E-state index contributed by atoms with van der Waals surface area (Å²) in [4.78, 5) is 22.6. The molecule has 2 aliphatic heterocycles. The summed E-state index contributed by atoms with van der Waals surface area (Å²) >= 11 is 0. The first kappa shape index (κ1) is 22.5. The fourth-order valence-electron chi connectivity index (χ4n) is 5.05. The number of para-hydroxylation sites is 1. The molecule has 5 rings (SSSR count). The normalized spacial score (nSPS) is 18.1. The number of carbonyl (C=O) groups excluding carboxylic acids is 1. The van der Waals surface area contributed by atoms with Crippen LogP contribution in [0.3, 0.4) is 0 Å². The molecule has 0 atom stereocenters. The molecule has 0 unspecified atom stereocenters. The molecule has 3 aromatic rings. The molecule has 0 spiro atoms. The molecular formula is C30H33N3O. The van der Waals surface area contributed by atoms with E-state index in [4.69, 9.17) is 4.99 Å². The molecule has 34 heavy (non-hydrogen) atoms. The smallest absolute Gasteiger partial charge is 0.278 e. The molecule has 174 valence electrons. The summed E-state index contributed by atoms with van der Waals surface area (Å²) in [6.45, 7) is 7.03. The van der Waals surface area contributed by atoms with Crippen molar-refractivity contribution in [3.8, 4) is 0 Å². The van der Waals surface area contributed by atoms with Crippen LogP contribution in [0, 0.1) is 5.92 Å². The van der Waals surface area contributed by atoms with Gasteiger partial charge in [0.1, 0.15) is 5.71 Å². The number of anilines is 1. The maximum atomic E-state index is 13.5. The van der Waals surface area contributed by atoms with Gasteiger partial charge in [0.15, 0.2) is 0 Å². The van der Waals surface area contributed by atoms with Crippen LogP contribution in [0.4, 0.5) is 11.4 Å². The number of hydrogen-bond donors (Lipinski definition) is 0. The number of benzene rings is 3. The Hall–Kier alpha value is -3.24. The molecule has 0 radical (unpaired) electrons. The number of carbonyl (C=O) groups is 1. The van der Waals surface area contributed by atoms with Crippen molar-refractivity contribution in [3.63, 3.8) is 0 Å². The Bertz CT molecular complexity index is 1160. The highest BCUT2D eigenvalue weighted by atomic mass is 16.2. The minimum absolute atomic E-state index is 0.000505. The third kappa shape index (κ3) is 4.83. The van der Waals surface area contributed by atoms with Gasteiger partial charge in [0.05, 0.1) is 18.0 Å². The van der Waals surface area contributed by atoms with Crippen molar-refractivity contribution in [2.45, 2.75) is 39.0 Å². The van der Waals surface area contributed by atoms with Crippen molar-refractivity contribution in [3.05, 3.63) is 95.6 Å². The van der Waals surface area contributed by atoms with Gasteiger partial charge in [-0.2, -0.15) is 0 Å². The quantitative estimate of drug-likeness (QED) is 0.448. The van der Waals surface area contributed by atoms with E-state index in [0.717, 1.165) is 36.4 Å². The second-order valence-electron chi connectivity index (χ2n) is 9.85. The Morgan fingerprint density at radius 2 is 1.56 bits per heavy atom. The number of aliphatic imine (C=N–C) groups is 1. The Balaban J connectivity index is 1.28. The van der Waals surface area contributed by atoms with Crippen LogP contribution in [0.5, 0.6) is 0 Å². The van der Waals surface area contributed by atoms with Crippen molar-refractivity contribution < 1.29 is 4.79 Å². The molecular weight excluding hydrogens is 418 g/mol. The molecule has 1 fully saturated rings. The van der Waals surface area contributed by atoms with E-state index < -0.39 is 0 Å². The number of amides is 1. The molecule has 3 aromatic carbocycles. The average Bonchev–Trinajstić information content (AvgIpc) is 3.12. The molecule has 0 saturated carbocycles. The summed E-state index contributed by atoms with van der Waals surface area (Å²) in [5.74, 6) is 1.19. The summed E-state index contributed by atoms with van der Waals surface area (Å²) in [5.41, 5.74) is 5.97. The van der Waals surface area contributed by atoms with Gasteiger partial charge in [-0.25, -0.2) is 4.99 Å². The third-order valence-electron chi connectivity index (χ3n) is 7.11. The van der Waals surface area contributed by atoms with Gasteiger partial charge in [-0.15, -0.1) is 0 Å². The van der Waals surface area contributed by atoms with Crippen LogP contribution in [0.1, 0.15) is 49.3 Å². The highest BCUT2D eigenvalue weighted by molar-refractivity contribution is 6.54. The van der Waals surface area contributed by atoms with E-state index in [0.29, 0.717) is 24.2 Å². The van der Waals surface area contributed by atoms with Gasteiger partial charge in [0.25, 0.3) is 5.91 Å². The molecule has 0 aliphatic carbocycles. The SMILES string of the molecule is CC(C)c1ccc(N=C2C(=O)N(CN3CCC(Cc4ccccc4)CC3)c3ccccc32)cc1. The number of rotatable bonds is 6. The third-order valence-corrected chi connectivity index (χ3v) is 7.11. The zero-order chi connectivity index (χ0) is 23.5. The summed E-state index contributed by atoms with van der Waals surface area (Å²) in [5, 5.41) is 0. The number of piperidine rings is 1. The molecule has 1 amide bonds. The van der Waals surface area contributed by atoms with E-state index in [9.17, 15) is 4.79 Å². The predicted octanol–water partition coefficient (Wildman–Crippen LogP) is 6.19. The van der Waals surface area contributed by atoms with Crippen molar-refractivity contribution in [2.75, 3.05) is 24.7 Å². The first-order chi connectivity index (χ1) is 16.6. The molecule has 4 nitrogen and oxygen atoms in total. The maximum Gasteiger partial charge on any atom is 0.278 e. The van der Waals surface area contributed by atoms with Crippen LogP contribution in [-0.2, 0) is 11.2 Å². The standard InChI is InChI=1S/C30H33N3O/c1-22(2)25-12-14-26(15-13-25)31-29-27-10-6-7-11-28(27)33(30(29)34)21-32-18-16-24(17-19-32)20-23-8-4-3-5-9-23/h3-15,22,24H,16-21H2,1-2H3. The van der Waals surface area contributed by atoms with Gasteiger partial charge in [-0.1, -0.05) is 74.5 Å². The fourth-order valence-corrected chi connectivity index (χ4v) is 5.05. The van der Waals surface area contributed by atoms with Crippen LogP contribution >= 0.6 is 0 Å². The Labute approximate surface area is 202 Å². The highest BCUT2D eigenvalue weighted by Crippen LogP contribution is 2.32. The first-order valence-electron chi connectivity index (χ1n) is 12.4. The highest BCUT2D eigenvalue weighted by Gasteiger charge is 2.35. The zero-order valence-electron chi connectivity index (χ0n) is 20.2. The van der Waals surface area contributed by atoms with E-state index in [2.05, 4.69) is 61.2 Å². The van der Waals surface area contributed by atoms with Gasteiger partial charge in [-0.3, -0.25) is 14.6 Å². The molecule has 2 heterocycles. The molecule has 0 aromatic heterocycles. The molecule has 0 bridgehead atoms. The van der Waals surface area contributed by atoms with Gasteiger partial charge in [-0.05, 0) is 60.4 Å². The molecule has 2 aliphatic rings. The summed E-state index contributed by atoms with van der Waals surface area (Å²) < 4.78 is 0. The lowest BCUT2D eigenvalue weighted by atomic mass is 9.90. The molecule has 4 heteroatoms. The second kappa shape index (κ2) is 9.94. The van der Waals surface area contributed by atoms with Gasteiger partial charge in [0.2, 0.25) is 0 Å². The van der Waals surface area contributed by atoms with E-state index in [1.54, 1.807) is 0 Å². The van der Waals surface area contributed by atoms with E-state index in [1.165, 1.54) is 24.0 Å². The van der Waals surface area contributed by atoms with Crippen LogP contribution < -0.4 is 4.90 Å². The number of hydrogen-bond acceptors (Lipinski definition) is 3. The van der Waals surface area contributed by atoms with Crippen LogP contribution in [0.25, 0.3) is 0 Å². The predicted molar refractivity (Wildman–Crippen MR) is 140 cm³/mol. The lowest BCUT2D eigenvalue weighted by Gasteiger charge is -2.34. The van der Waals surface area contributed by atoms with E-state index in [-0.39, 0.29) is 5.91 Å². The van der Waals surface area contributed by atoms with E-state index in [1.807, 2.05) is 41.3 Å². The summed E-state index contributed by atoms with van der Waals surface area (Å²) in [7, 11) is 0. The van der Waals surface area contributed by atoms with Gasteiger partial charge >= 0.3 is 0 Å². The number of likely N-dealkylation sites (tertiary alicyclic amines) is 1. The Morgan fingerprint density at radius 3 is 2.26 bits per heavy atom. The van der Waals surface area contributed by atoms with Crippen molar-refractivity contribution in [1.82, 2.24) is 4.90 Å². The average molecular weight is 452 g/mol. The lowest BCUT2D eigenvalue weighted by Crippen LogP contribution is -2.44. The van der Waals surface area contributed by atoms with Crippen LogP contribution in [-0.4, -0.2) is 36.3 Å². The number of fused-ring (bicyclic) bond motifs is 1.